The number of halogens is 1. The van der Waals surface area contributed by atoms with Gasteiger partial charge in [-0.15, -0.1) is 12.4 Å². The fourth-order valence-electron chi connectivity index (χ4n) is 3.75. The zero-order chi connectivity index (χ0) is 19.7. The number of anilines is 3. The van der Waals surface area contributed by atoms with Crippen molar-refractivity contribution in [2.75, 3.05) is 16.8 Å². The number of hydrogen-bond donors (Lipinski definition) is 2. The van der Waals surface area contributed by atoms with E-state index in [1.807, 2.05) is 0 Å². The van der Waals surface area contributed by atoms with Gasteiger partial charge in [0.2, 0.25) is 5.91 Å². The van der Waals surface area contributed by atoms with Crippen LogP contribution in [-0.4, -0.2) is 33.5 Å². The minimum atomic E-state index is -0.915. The van der Waals surface area contributed by atoms with Crippen molar-refractivity contribution in [3.63, 3.8) is 0 Å². The lowest BCUT2D eigenvalue weighted by atomic mass is 9.83. The number of pyridine rings is 2. The minimum Gasteiger partial charge on any atom is -0.481 e. The minimum absolute atomic E-state index is 0. The number of aromatic nitrogens is 2. The number of nitrogens with one attached hydrogen (secondary N) is 1. The molecule has 2 aromatic rings. The molecule has 1 saturated heterocycles. The number of carboxylic acid groups (broad SMARTS) is 1. The van der Waals surface area contributed by atoms with Gasteiger partial charge >= 0.3 is 5.97 Å². The predicted molar refractivity (Wildman–Crippen MR) is 108 cm³/mol. The number of nitriles is 1. The van der Waals surface area contributed by atoms with Crippen molar-refractivity contribution in [3.8, 4) is 6.07 Å². The quantitative estimate of drug-likeness (QED) is 0.747. The highest BCUT2D eigenvalue weighted by atomic mass is 35.5. The number of nitrogens with zero attached hydrogens (tertiary/aromatic N) is 4. The maximum absolute atomic E-state index is 13.0. The van der Waals surface area contributed by atoms with Gasteiger partial charge in [-0.1, -0.05) is 0 Å². The highest BCUT2D eigenvalue weighted by Crippen LogP contribution is 2.51. The Kier molecular flexibility index (Phi) is 5.71. The van der Waals surface area contributed by atoms with Crippen molar-refractivity contribution in [2.45, 2.75) is 25.7 Å². The van der Waals surface area contributed by atoms with Gasteiger partial charge in [0.15, 0.2) is 0 Å². The van der Waals surface area contributed by atoms with E-state index in [0.717, 1.165) is 12.8 Å². The molecule has 4 rings (SSSR count). The van der Waals surface area contributed by atoms with Crippen LogP contribution in [0, 0.1) is 22.7 Å². The average Bonchev–Trinajstić information content (AvgIpc) is 3.46. The third kappa shape index (κ3) is 4.00. The Balaban J connectivity index is 0.00000240. The monoisotopic (exact) mass is 413 g/mol. The highest BCUT2D eigenvalue weighted by Gasteiger charge is 2.56. The average molecular weight is 414 g/mol. The molecular formula is C20H20ClN5O3. The molecule has 0 unspecified atom stereocenters. The van der Waals surface area contributed by atoms with E-state index in [0.29, 0.717) is 35.9 Å². The van der Waals surface area contributed by atoms with Crippen molar-refractivity contribution in [3.05, 3.63) is 42.2 Å². The molecule has 0 bridgehead atoms. The molecule has 150 valence electrons. The van der Waals surface area contributed by atoms with Crippen LogP contribution >= 0.6 is 12.4 Å². The Morgan fingerprint density at radius 2 is 1.97 bits per heavy atom. The third-order valence-corrected chi connectivity index (χ3v) is 5.32. The second kappa shape index (κ2) is 8.05. The van der Waals surface area contributed by atoms with E-state index in [9.17, 15) is 14.9 Å². The van der Waals surface area contributed by atoms with E-state index in [1.165, 1.54) is 6.20 Å². The van der Waals surface area contributed by atoms with Crippen LogP contribution in [0.5, 0.6) is 0 Å². The maximum atomic E-state index is 13.0. The van der Waals surface area contributed by atoms with E-state index in [2.05, 4.69) is 21.4 Å². The summed E-state index contributed by atoms with van der Waals surface area (Å²) >= 11 is 0. The Morgan fingerprint density at radius 1 is 1.28 bits per heavy atom. The first-order valence-electron chi connectivity index (χ1n) is 9.15. The van der Waals surface area contributed by atoms with Crippen molar-refractivity contribution in [1.82, 2.24) is 9.97 Å². The van der Waals surface area contributed by atoms with Crippen molar-refractivity contribution in [1.29, 1.82) is 5.26 Å². The van der Waals surface area contributed by atoms with E-state index in [-0.39, 0.29) is 30.7 Å². The summed E-state index contributed by atoms with van der Waals surface area (Å²) in [4.78, 5) is 33.9. The number of aliphatic carboxylic acids is 1. The second-order valence-electron chi connectivity index (χ2n) is 7.21. The molecule has 0 aromatic carbocycles. The van der Waals surface area contributed by atoms with Crippen LogP contribution < -0.4 is 10.2 Å². The molecule has 2 aliphatic rings. The van der Waals surface area contributed by atoms with Crippen LogP contribution in [0.2, 0.25) is 0 Å². The molecule has 2 N–H and O–H groups in total. The largest absolute Gasteiger partial charge is 0.481 e. The number of amides is 1. The number of carboxylic acids is 1. The van der Waals surface area contributed by atoms with Crippen molar-refractivity contribution in [2.24, 2.45) is 11.3 Å². The molecule has 3 heterocycles. The Hall–Kier alpha value is -3.18. The first-order valence-corrected chi connectivity index (χ1v) is 9.15. The standard InChI is InChI=1S/C20H19N5O3.ClH/c21-12-20(14-1-2-14)5-8-25(19(20)28)15-4-7-23-17(11-15)24-16-9-13(3-6-22-16)10-18(26)27;/h3-4,6-7,9,11,14H,1-2,5,8,10H2,(H,26,27)(H,22,23,24);1H/t20-;/m1./s1. The second-order valence-corrected chi connectivity index (χ2v) is 7.21. The van der Waals surface area contributed by atoms with E-state index in [1.54, 1.807) is 35.4 Å². The smallest absolute Gasteiger partial charge is 0.307 e. The van der Waals surface area contributed by atoms with Gasteiger partial charge in [0, 0.05) is 30.7 Å². The fourth-order valence-corrected chi connectivity index (χ4v) is 3.75. The Labute approximate surface area is 174 Å². The van der Waals surface area contributed by atoms with Crippen molar-refractivity contribution < 1.29 is 14.7 Å². The summed E-state index contributed by atoms with van der Waals surface area (Å²) in [6.07, 6.45) is 5.46. The van der Waals surface area contributed by atoms with Crippen LogP contribution in [0.25, 0.3) is 0 Å². The number of hydrogen-bond acceptors (Lipinski definition) is 6. The van der Waals surface area contributed by atoms with Gasteiger partial charge in [0.1, 0.15) is 17.1 Å². The molecule has 0 spiro atoms. The predicted octanol–water partition coefficient (Wildman–Crippen LogP) is 2.93. The molecule has 1 atom stereocenters. The van der Waals surface area contributed by atoms with Gasteiger partial charge in [-0.05, 0) is 48.9 Å². The van der Waals surface area contributed by atoms with Crippen molar-refractivity contribution >= 4 is 41.6 Å². The summed E-state index contributed by atoms with van der Waals surface area (Å²) in [6.45, 7) is 0.513. The molecule has 8 nitrogen and oxygen atoms in total. The van der Waals surface area contributed by atoms with Crippen LogP contribution in [0.1, 0.15) is 24.8 Å². The number of carbonyl (C=O) groups is 2. The molecule has 9 heteroatoms. The van der Waals surface area contributed by atoms with Gasteiger partial charge in [0.25, 0.3) is 0 Å². The summed E-state index contributed by atoms with van der Waals surface area (Å²) in [5.41, 5.74) is 0.421. The molecule has 1 aliphatic carbocycles. The molecule has 2 fully saturated rings. The summed E-state index contributed by atoms with van der Waals surface area (Å²) in [5.74, 6) is 0.0972. The van der Waals surface area contributed by atoms with Crippen LogP contribution in [0.4, 0.5) is 17.3 Å². The molecule has 29 heavy (non-hydrogen) atoms. The van der Waals surface area contributed by atoms with Crippen LogP contribution in [0.15, 0.2) is 36.7 Å². The lowest BCUT2D eigenvalue weighted by Crippen LogP contribution is -2.35. The lowest BCUT2D eigenvalue weighted by molar-refractivity contribution is -0.136. The highest BCUT2D eigenvalue weighted by molar-refractivity contribution is 6.02. The van der Waals surface area contributed by atoms with E-state index < -0.39 is 11.4 Å². The number of rotatable bonds is 6. The van der Waals surface area contributed by atoms with Gasteiger partial charge in [-0.25, -0.2) is 9.97 Å². The molecule has 1 amide bonds. The van der Waals surface area contributed by atoms with Gasteiger partial charge < -0.3 is 15.3 Å². The zero-order valence-electron chi connectivity index (χ0n) is 15.5. The summed E-state index contributed by atoms with van der Waals surface area (Å²) in [7, 11) is 0. The van der Waals surface area contributed by atoms with Crippen LogP contribution in [0.3, 0.4) is 0 Å². The zero-order valence-corrected chi connectivity index (χ0v) is 16.4. The third-order valence-electron chi connectivity index (χ3n) is 5.32. The van der Waals surface area contributed by atoms with Gasteiger partial charge in [-0.3, -0.25) is 9.59 Å². The molecular weight excluding hydrogens is 394 g/mol. The molecule has 1 aliphatic heterocycles. The fraction of sp³-hybridized carbons (Fsp3) is 0.350. The maximum Gasteiger partial charge on any atom is 0.307 e. The molecule has 1 saturated carbocycles. The summed E-state index contributed by atoms with van der Waals surface area (Å²) < 4.78 is 0. The van der Waals surface area contributed by atoms with E-state index >= 15 is 0 Å². The van der Waals surface area contributed by atoms with E-state index in [4.69, 9.17) is 5.11 Å². The Bertz CT molecular complexity index is 988. The van der Waals surface area contributed by atoms with Crippen LogP contribution in [-0.2, 0) is 16.0 Å². The lowest BCUT2D eigenvalue weighted by Gasteiger charge is -2.21. The SMILES string of the molecule is Cl.N#C[C@@]1(C2CC2)CCN(c2ccnc(Nc3cc(CC(=O)O)ccn3)c2)C1=O. The molecule has 0 radical (unpaired) electrons. The first-order chi connectivity index (χ1) is 13.5. The molecule has 2 aromatic heterocycles. The summed E-state index contributed by atoms with van der Waals surface area (Å²) in [5, 5.41) is 21.6. The summed E-state index contributed by atoms with van der Waals surface area (Å²) in [6, 6.07) is 9.07. The van der Waals surface area contributed by atoms with Gasteiger partial charge in [0.05, 0.1) is 12.5 Å². The normalized spacial score (nSPS) is 20.7. The van der Waals surface area contributed by atoms with Gasteiger partial charge in [-0.2, -0.15) is 5.26 Å². The Morgan fingerprint density at radius 3 is 2.62 bits per heavy atom. The number of carbonyl (C=O) groups excluding carboxylic acids is 1. The topological polar surface area (TPSA) is 119 Å². The first kappa shape index (κ1) is 20.6.